The minimum atomic E-state index is -0.0623. The summed E-state index contributed by atoms with van der Waals surface area (Å²) in [6.45, 7) is 0.544. The number of rotatable bonds is 4. The van der Waals surface area contributed by atoms with Crippen molar-refractivity contribution < 1.29 is 9.53 Å². The van der Waals surface area contributed by atoms with Crippen LogP contribution in [0.1, 0.15) is 44.1 Å². The normalized spacial score (nSPS) is 16.2. The number of carbonyl (C=O) groups is 1. The highest BCUT2D eigenvalue weighted by atomic mass is 16.5. The molecule has 4 heteroatoms. The lowest BCUT2D eigenvalue weighted by Gasteiger charge is -2.16. The zero-order chi connectivity index (χ0) is 14.2. The van der Waals surface area contributed by atoms with Gasteiger partial charge in [0, 0.05) is 12.6 Å². The number of amides is 2. The summed E-state index contributed by atoms with van der Waals surface area (Å²) in [6, 6.07) is 8.01. The van der Waals surface area contributed by atoms with Crippen molar-refractivity contribution in [2.24, 2.45) is 0 Å². The van der Waals surface area contributed by atoms with Crippen LogP contribution in [0, 0.1) is 0 Å². The molecule has 1 aromatic rings. The van der Waals surface area contributed by atoms with E-state index in [0.29, 0.717) is 12.6 Å². The smallest absolute Gasteiger partial charge is 0.315 e. The molecule has 2 N–H and O–H groups in total. The van der Waals surface area contributed by atoms with Gasteiger partial charge in [0.1, 0.15) is 5.75 Å². The SMILES string of the molecule is COc1ccc(CNC(=O)NC2CCCCCC2)cc1. The molecular formula is C16H24N2O2. The van der Waals surface area contributed by atoms with Gasteiger partial charge in [0.2, 0.25) is 0 Å². The second-order valence-corrected chi connectivity index (χ2v) is 5.36. The van der Waals surface area contributed by atoms with Crippen molar-refractivity contribution >= 4 is 6.03 Å². The van der Waals surface area contributed by atoms with Crippen LogP contribution in [0.15, 0.2) is 24.3 Å². The molecule has 0 radical (unpaired) electrons. The highest BCUT2D eigenvalue weighted by Gasteiger charge is 2.14. The zero-order valence-corrected chi connectivity index (χ0v) is 12.2. The summed E-state index contributed by atoms with van der Waals surface area (Å²) in [5, 5.41) is 5.99. The van der Waals surface area contributed by atoms with Gasteiger partial charge in [-0.15, -0.1) is 0 Å². The van der Waals surface area contributed by atoms with Crippen LogP contribution < -0.4 is 15.4 Å². The first kappa shape index (κ1) is 14.7. The second kappa shape index (κ2) is 7.78. The van der Waals surface area contributed by atoms with Crippen molar-refractivity contribution in [1.29, 1.82) is 0 Å². The third-order valence-electron chi connectivity index (χ3n) is 3.80. The Morgan fingerprint density at radius 2 is 1.80 bits per heavy atom. The maximum absolute atomic E-state index is 11.9. The Kier molecular flexibility index (Phi) is 5.71. The van der Waals surface area contributed by atoms with Gasteiger partial charge in [-0.2, -0.15) is 0 Å². The van der Waals surface area contributed by atoms with E-state index < -0.39 is 0 Å². The summed E-state index contributed by atoms with van der Waals surface area (Å²) in [6.07, 6.45) is 7.26. The van der Waals surface area contributed by atoms with Gasteiger partial charge in [-0.05, 0) is 30.5 Å². The van der Waals surface area contributed by atoms with Gasteiger partial charge >= 0.3 is 6.03 Å². The van der Waals surface area contributed by atoms with Gasteiger partial charge in [0.05, 0.1) is 7.11 Å². The molecule has 1 saturated carbocycles. The van der Waals surface area contributed by atoms with Crippen LogP contribution >= 0.6 is 0 Å². The third kappa shape index (κ3) is 4.76. The first-order chi connectivity index (χ1) is 9.78. The fourth-order valence-electron chi connectivity index (χ4n) is 2.59. The topological polar surface area (TPSA) is 50.4 Å². The molecule has 2 amide bonds. The second-order valence-electron chi connectivity index (χ2n) is 5.36. The van der Waals surface area contributed by atoms with E-state index in [1.54, 1.807) is 7.11 Å². The van der Waals surface area contributed by atoms with Crippen molar-refractivity contribution in [3.63, 3.8) is 0 Å². The Bertz CT molecular complexity index is 409. The monoisotopic (exact) mass is 276 g/mol. The predicted molar refractivity (Wildman–Crippen MR) is 79.9 cm³/mol. The Morgan fingerprint density at radius 1 is 1.15 bits per heavy atom. The van der Waals surface area contributed by atoms with E-state index >= 15 is 0 Å². The summed E-state index contributed by atoms with van der Waals surface area (Å²) in [5.74, 6) is 0.830. The van der Waals surface area contributed by atoms with Crippen LogP contribution in [0.25, 0.3) is 0 Å². The van der Waals surface area contributed by atoms with E-state index in [1.165, 1.54) is 25.7 Å². The molecule has 0 saturated heterocycles. The largest absolute Gasteiger partial charge is 0.497 e. The Balaban J connectivity index is 1.73. The van der Waals surface area contributed by atoms with Crippen molar-refractivity contribution in [3.05, 3.63) is 29.8 Å². The zero-order valence-electron chi connectivity index (χ0n) is 12.2. The molecule has 0 heterocycles. The summed E-state index contributed by atoms with van der Waals surface area (Å²) in [5.41, 5.74) is 1.07. The van der Waals surface area contributed by atoms with Crippen molar-refractivity contribution in [2.75, 3.05) is 7.11 Å². The van der Waals surface area contributed by atoms with Crippen molar-refractivity contribution in [3.8, 4) is 5.75 Å². The molecule has 2 rings (SSSR count). The van der Waals surface area contributed by atoms with E-state index in [9.17, 15) is 4.79 Å². The van der Waals surface area contributed by atoms with E-state index in [2.05, 4.69) is 10.6 Å². The molecule has 1 aromatic carbocycles. The third-order valence-corrected chi connectivity index (χ3v) is 3.80. The molecule has 0 bridgehead atoms. The summed E-state index contributed by atoms with van der Waals surface area (Å²) < 4.78 is 5.11. The van der Waals surface area contributed by atoms with Crippen LogP contribution in [0.5, 0.6) is 5.75 Å². The standard InChI is InChI=1S/C16H24N2O2/c1-20-15-10-8-13(9-11-15)12-17-16(19)18-14-6-4-2-3-5-7-14/h8-11,14H,2-7,12H2,1H3,(H2,17,18,19). The highest BCUT2D eigenvalue weighted by molar-refractivity contribution is 5.74. The lowest BCUT2D eigenvalue weighted by atomic mass is 10.1. The van der Waals surface area contributed by atoms with Crippen LogP contribution in [0.2, 0.25) is 0 Å². The van der Waals surface area contributed by atoms with Gasteiger partial charge in [-0.25, -0.2) is 4.79 Å². The van der Waals surface area contributed by atoms with Crippen LogP contribution in [0.4, 0.5) is 4.79 Å². The Labute approximate surface area is 120 Å². The maximum Gasteiger partial charge on any atom is 0.315 e. The predicted octanol–water partition coefficient (Wildman–Crippen LogP) is 3.22. The summed E-state index contributed by atoms with van der Waals surface area (Å²) in [7, 11) is 1.65. The van der Waals surface area contributed by atoms with E-state index in [-0.39, 0.29) is 6.03 Å². The van der Waals surface area contributed by atoms with Crippen molar-refractivity contribution in [2.45, 2.75) is 51.1 Å². The minimum Gasteiger partial charge on any atom is -0.497 e. The molecule has 0 aromatic heterocycles. The molecule has 1 aliphatic carbocycles. The average Bonchev–Trinajstić information content (AvgIpc) is 2.74. The van der Waals surface area contributed by atoms with E-state index in [4.69, 9.17) is 4.74 Å². The van der Waals surface area contributed by atoms with Gasteiger partial charge in [-0.1, -0.05) is 37.8 Å². The fourth-order valence-corrected chi connectivity index (χ4v) is 2.59. The lowest BCUT2D eigenvalue weighted by molar-refractivity contribution is 0.235. The minimum absolute atomic E-state index is 0.0623. The Hall–Kier alpha value is -1.71. The van der Waals surface area contributed by atoms with Crippen LogP contribution in [-0.4, -0.2) is 19.2 Å². The molecule has 20 heavy (non-hydrogen) atoms. The molecule has 1 aliphatic rings. The fraction of sp³-hybridized carbons (Fsp3) is 0.562. The lowest BCUT2D eigenvalue weighted by Crippen LogP contribution is -2.41. The number of hydrogen-bond acceptors (Lipinski definition) is 2. The maximum atomic E-state index is 11.9. The van der Waals surface area contributed by atoms with E-state index in [0.717, 1.165) is 24.2 Å². The number of hydrogen-bond donors (Lipinski definition) is 2. The number of benzene rings is 1. The number of carbonyl (C=O) groups excluding carboxylic acids is 1. The Morgan fingerprint density at radius 3 is 2.40 bits per heavy atom. The van der Waals surface area contributed by atoms with Gasteiger partial charge in [-0.3, -0.25) is 0 Å². The van der Waals surface area contributed by atoms with Crippen LogP contribution in [-0.2, 0) is 6.54 Å². The van der Waals surface area contributed by atoms with Crippen molar-refractivity contribution in [1.82, 2.24) is 10.6 Å². The highest BCUT2D eigenvalue weighted by Crippen LogP contribution is 2.17. The number of methoxy groups -OCH3 is 1. The molecule has 110 valence electrons. The molecule has 0 spiro atoms. The first-order valence-electron chi connectivity index (χ1n) is 7.45. The van der Waals surface area contributed by atoms with E-state index in [1.807, 2.05) is 24.3 Å². The van der Waals surface area contributed by atoms with Gasteiger partial charge in [0.25, 0.3) is 0 Å². The molecule has 0 aliphatic heterocycles. The van der Waals surface area contributed by atoms with Gasteiger partial charge in [0.15, 0.2) is 0 Å². The van der Waals surface area contributed by atoms with Gasteiger partial charge < -0.3 is 15.4 Å². The molecule has 4 nitrogen and oxygen atoms in total. The number of ether oxygens (including phenoxy) is 1. The average molecular weight is 276 g/mol. The molecule has 0 unspecified atom stereocenters. The summed E-state index contributed by atoms with van der Waals surface area (Å²) in [4.78, 5) is 11.9. The molecule has 0 atom stereocenters. The molecule has 1 fully saturated rings. The first-order valence-corrected chi connectivity index (χ1v) is 7.45. The summed E-state index contributed by atoms with van der Waals surface area (Å²) >= 11 is 0. The molecular weight excluding hydrogens is 252 g/mol. The number of urea groups is 1. The quantitative estimate of drug-likeness (QED) is 0.830. The van der Waals surface area contributed by atoms with Crippen LogP contribution in [0.3, 0.4) is 0 Å². The number of nitrogens with one attached hydrogen (secondary N) is 2.